The summed E-state index contributed by atoms with van der Waals surface area (Å²) in [5.74, 6) is 2.48. The molecule has 1 saturated heterocycles. The van der Waals surface area contributed by atoms with E-state index in [0.717, 1.165) is 25.2 Å². The third kappa shape index (κ3) is 2.01. The van der Waals surface area contributed by atoms with E-state index in [1.54, 1.807) is 12.3 Å². The Kier molecular flexibility index (Phi) is 3.49. The molecule has 0 unspecified atom stereocenters. The monoisotopic (exact) mass is 384 g/mol. The fraction of sp³-hybridized carbons (Fsp3) is 0.792. The number of epoxide rings is 1. The van der Waals surface area contributed by atoms with Crippen LogP contribution in [0, 0.1) is 28.6 Å². The highest BCUT2D eigenvalue weighted by Gasteiger charge is 2.80. The predicted molar refractivity (Wildman–Crippen MR) is 105 cm³/mol. The molecule has 6 rings (SSSR count). The first-order chi connectivity index (χ1) is 13.4. The first kappa shape index (κ1) is 17.7. The van der Waals surface area contributed by atoms with Gasteiger partial charge in [0, 0.05) is 11.5 Å². The molecule has 4 aliphatic carbocycles. The van der Waals surface area contributed by atoms with E-state index in [9.17, 15) is 9.90 Å². The molecule has 152 valence electrons. The Morgan fingerprint density at radius 3 is 2.68 bits per heavy atom. The second kappa shape index (κ2) is 5.51. The molecule has 4 heteroatoms. The van der Waals surface area contributed by atoms with E-state index in [1.165, 1.54) is 37.7 Å². The quantitative estimate of drug-likeness (QED) is 0.735. The average Bonchev–Trinajstić information content (AvgIpc) is 3.33. The van der Waals surface area contributed by atoms with E-state index >= 15 is 0 Å². The first-order valence-electron chi connectivity index (χ1n) is 11.3. The predicted octanol–water partition coefficient (Wildman–Crippen LogP) is 4.26. The molecule has 5 aliphatic rings. The molecular weight excluding hydrogens is 352 g/mol. The lowest BCUT2D eigenvalue weighted by molar-refractivity contribution is -0.139. The van der Waals surface area contributed by atoms with Crippen LogP contribution in [0.1, 0.15) is 76.7 Å². The van der Waals surface area contributed by atoms with Crippen LogP contribution in [-0.2, 0) is 4.74 Å². The van der Waals surface area contributed by atoms with Gasteiger partial charge in [-0.2, -0.15) is 0 Å². The summed E-state index contributed by atoms with van der Waals surface area (Å²) >= 11 is 0. The van der Waals surface area contributed by atoms with Crippen molar-refractivity contribution in [2.45, 2.75) is 88.9 Å². The molecule has 1 N–H and O–H groups in total. The lowest BCUT2D eigenvalue weighted by Gasteiger charge is -2.61. The summed E-state index contributed by atoms with van der Waals surface area (Å²) in [5.41, 5.74) is 1.44. The molecule has 0 aromatic carbocycles. The van der Waals surface area contributed by atoms with Crippen molar-refractivity contribution in [1.82, 2.24) is 0 Å². The Hall–Kier alpha value is -1.13. The van der Waals surface area contributed by atoms with Crippen molar-refractivity contribution in [2.75, 3.05) is 0 Å². The number of rotatable bonds is 1. The topological polar surface area (TPSA) is 63.0 Å². The SMILES string of the molecule is C[C@]12CC[C@H](O)C[C@@H]1CC[C@H]1[C@H]2CC[C@]2(C)[C@H](c3ccc(=O)oc3)C[C@H]3O[C@@]312. The fourth-order valence-electron chi connectivity index (χ4n) is 8.74. The standard InChI is InChI=1S/C24H32O4/c1-22-9-7-16(25)11-15(22)4-5-18-17(22)8-10-23(2)19(12-20-24(18,23)28-20)14-3-6-21(26)27-13-14/h3,6,13,15-20,25H,4-5,7-12H2,1-2H3/t15-,16-,17+,18-,19-,20+,22-,23+,24+/m0/s1. The molecule has 1 aliphatic heterocycles. The first-order valence-corrected chi connectivity index (χ1v) is 11.3. The third-order valence-electron chi connectivity index (χ3n) is 10.2. The van der Waals surface area contributed by atoms with Crippen LogP contribution in [0.3, 0.4) is 0 Å². The largest absolute Gasteiger partial charge is 0.431 e. The van der Waals surface area contributed by atoms with E-state index in [-0.39, 0.29) is 22.7 Å². The zero-order valence-electron chi connectivity index (χ0n) is 17.0. The molecule has 2 heterocycles. The van der Waals surface area contributed by atoms with Gasteiger partial charge in [0.25, 0.3) is 0 Å². The van der Waals surface area contributed by atoms with Crippen LogP contribution in [0.15, 0.2) is 27.6 Å². The van der Waals surface area contributed by atoms with Gasteiger partial charge < -0.3 is 14.3 Å². The maximum atomic E-state index is 11.4. The van der Waals surface area contributed by atoms with Gasteiger partial charge in [-0.05, 0) is 92.1 Å². The lowest BCUT2D eigenvalue weighted by atomic mass is 9.44. The van der Waals surface area contributed by atoms with E-state index < -0.39 is 0 Å². The number of hydrogen-bond donors (Lipinski definition) is 1. The summed E-state index contributed by atoms with van der Waals surface area (Å²) in [6.45, 7) is 4.97. The zero-order valence-corrected chi connectivity index (χ0v) is 17.0. The summed E-state index contributed by atoms with van der Waals surface area (Å²) < 4.78 is 11.8. The Morgan fingerprint density at radius 2 is 1.89 bits per heavy atom. The van der Waals surface area contributed by atoms with Crippen LogP contribution in [0.2, 0.25) is 0 Å². The van der Waals surface area contributed by atoms with Crippen LogP contribution in [0.5, 0.6) is 0 Å². The summed E-state index contributed by atoms with van der Waals surface area (Å²) in [7, 11) is 0. The maximum Gasteiger partial charge on any atom is 0.335 e. The zero-order chi connectivity index (χ0) is 19.3. The molecule has 5 fully saturated rings. The van der Waals surface area contributed by atoms with Crippen molar-refractivity contribution >= 4 is 0 Å². The molecule has 9 atom stereocenters. The normalized spacial score (nSPS) is 54.2. The summed E-state index contributed by atoms with van der Waals surface area (Å²) in [5, 5.41) is 10.2. The molecule has 0 amide bonds. The van der Waals surface area contributed by atoms with Crippen LogP contribution in [-0.4, -0.2) is 22.9 Å². The maximum absolute atomic E-state index is 11.4. The smallest absolute Gasteiger partial charge is 0.335 e. The number of ether oxygens (including phenoxy) is 1. The van der Waals surface area contributed by atoms with Crippen molar-refractivity contribution in [3.63, 3.8) is 0 Å². The van der Waals surface area contributed by atoms with Gasteiger partial charge in [-0.1, -0.05) is 13.8 Å². The van der Waals surface area contributed by atoms with Gasteiger partial charge in [0.15, 0.2) is 0 Å². The van der Waals surface area contributed by atoms with Gasteiger partial charge in [-0.3, -0.25) is 0 Å². The van der Waals surface area contributed by atoms with Gasteiger partial charge in [0.05, 0.1) is 18.5 Å². The van der Waals surface area contributed by atoms with Gasteiger partial charge >= 0.3 is 5.63 Å². The highest BCUT2D eigenvalue weighted by atomic mass is 16.6. The molecule has 0 radical (unpaired) electrons. The molecule has 1 spiro atoms. The van der Waals surface area contributed by atoms with E-state index in [1.807, 2.05) is 6.07 Å². The van der Waals surface area contributed by atoms with Gasteiger partial charge in [0.2, 0.25) is 0 Å². The van der Waals surface area contributed by atoms with Crippen LogP contribution >= 0.6 is 0 Å². The number of hydrogen-bond acceptors (Lipinski definition) is 4. The minimum Gasteiger partial charge on any atom is -0.431 e. The summed E-state index contributed by atoms with van der Waals surface area (Å²) in [6.07, 6.45) is 11.1. The molecule has 1 aromatic rings. The molecule has 1 aromatic heterocycles. The van der Waals surface area contributed by atoms with Crippen molar-refractivity contribution in [1.29, 1.82) is 0 Å². The van der Waals surface area contributed by atoms with Crippen molar-refractivity contribution in [3.05, 3.63) is 34.4 Å². The van der Waals surface area contributed by atoms with Crippen LogP contribution in [0.4, 0.5) is 0 Å². The van der Waals surface area contributed by atoms with Crippen molar-refractivity contribution in [2.24, 2.45) is 28.6 Å². The van der Waals surface area contributed by atoms with Gasteiger partial charge in [-0.15, -0.1) is 0 Å². The molecule has 4 nitrogen and oxygen atoms in total. The second-order valence-electron chi connectivity index (χ2n) is 11.0. The molecule has 0 bridgehead atoms. The number of aliphatic hydroxyl groups is 1. The Morgan fingerprint density at radius 1 is 1.04 bits per heavy atom. The number of aliphatic hydroxyl groups excluding tert-OH is 1. The molecule has 28 heavy (non-hydrogen) atoms. The molecular formula is C24H32O4. The highest BCUT2D eigenvalue weighted by molar-refractivity contribution is 5.35. The third-order valence-corrected chi connectivity index (χ3v) is 10.2. The second-order valence-corrected chi connectivity index (χ2v) is 11.0. The Bertz CT molecular complexity index is 842. The lowest BCUT2D eigenvalue weighted by Crippen LogP contribution is -2.58. The highest BCUT2D eigenvalue weighted by Crippen LogP contribution is 2.77. The average molecular weight is 385 g/mol. The molecule has 4 saturated carbocycles. The van der Waals surface area contributed by atoms with Crippen LogP contribution in [0.25, 0.3) is 0 Å². The fourth-order valence-corrected chi connectivity index (χ4v) is 8.74. The minimum absolute atomic E-state index is 0.0285. The van der Waals surface area contributed by atoms with Crippen molar-refractivity contribution in [3.8, 4) is 0 Å². The van der Waals surface area contributed by atoms with Crippen LogP contribution < -0.4 is 5.63 Å². The van der Waals surface area contributed by atoms with E-state index in [2.05, 4.69) is 13.8 Å². The summed E-state index contributed by atoms with van der Waals surface area (Å²) in [6, 6.07) is 3.55. The Labute approximate surface area is 166 Å². The number of fused-ring (bicyclic) bond motifs is 3. The van der Waals surface area contributed by atoms with Gasteiger partial charge in [0.1, 0.15) is 5.60 Å². The Balaban J connectivity index is 1.36. The van der Waals surface area contributed by atoms with E-state index in [0.29, 0.717) is 29.3 Å². The van der Waals surface area contributed by atoms with Gasteiger partial charge in [-0.25, -0.2) is 4.79 Å². The van der Waals surface area contributed by atoms with E-state index in [4.69, 9.17) is 9.15 Å². The van der Waals surface area contributed by atoms with Crippen molar-refractivity contribution < 1.29 is 14.3 Å². The summed E-state index contributed by atoms with van der Waals surface area (Å²) in [4.78, 5) is 11.4. The minimum atomic E-state index is -0.266.